The van der Waals surface area contributed by atoms with Gasteiger partial charge in [0.2, 0.25) is 5.88 Å². The lowest BCUT2D eigenvalue weighted by atomic mass is 10.2. The first-order valence-electron chi connectivity index (χ1n) is 8.20. The zero-order valence-electron chi connectivity index (χ0n) is 14.0. The summed E-state index contributed by atoms with van der Waals surface area (Å²) in [5, 5.41) is 2.62. The van der Waals surface area contributed by atoms with Crippen LogP contribution in [0.5, 0.6) is 5.88 Å². The topological polar surface area (TPSA) is 42.4 Å². The van der Waals surface area contributed by atoms with Gasteiger partial charge in [-0.2, -0.15) is 11.8 Å². The highest BCUT2D eigenvalue weighted by molar-refractivity contribution is 7.99. The molecule has 24 heavy (non-hydrogen) atoms. The molecule has 128 valence electrons. The summed E-state index contributed by atoms with van der Waals surface area (Å²) in [6.45, 7) is 5.49. The van der Waals surface area contributed by atoms with Gasteiger partial charge in [0.15, 0.2) is 0 Å². The van der Waals surface area contributed by atoms with Crippen LogP contribution in [0.4, 0.5) is 0 Å². The largest absolute Gasteiger partial charge is 0.475 e. The number of carbonyl (C=O) groups excluding carboxylic acids is 1. The molecule has 1 atom stereocenters. The fourth-order valence-corrected chi connectivity index (χ4v) is 4.91. The molecule has 4 nitrogen and oxygen atoms in total. The summed E-state index contributed by atoms with van der Waals surface area (Å²) in [5.41, 5.74) is 0.630. The molecule has 0 saturated carbocycles. The van der Waals surface area contributed by atoms with E-state index in [2.05, 4.69) is 22.5 Å². The number of ether oxygens (including phenoxy) is 1. The van der Waals surface area contributed by atoms with E-state index >= 15 is 0 Å². The van der Waals surface area contributed by atoms with Crippen molar-refractivity contribution in [2.45, 2.75) is 31.6 Å². The second kappa shape index (κ2) is 8.03. The van der Waals surface area contributed by atoms with E-state index in [0.717, 1.165) is 25.3 Å². The van der Waals surface area contributed by atoms with Gasteiger partial charge >= 0.3 is 0 Å². The Morgan fingerprint density at radius 2 is 2.21 bits per heavy atom. The van der Waals surface area contributed by atoms with E-state index in [1.807, 2.05) is 36.6 Å². The van der Waals surface area contributed by atoms with Crippen LogP contribution in [0, 0.1) is 0 Å². The highest BCUT2D eigenvalue weighted by Gasteiger charge is 2.23. The Balaban J connectivity index is 1.62. The number of thiophene rings is 1. The molecule has 1 fully saturated rings. The number of nitrogens with zero attached hydrogens (tertiary/aromatic N) is 2. The van der Waals surface area contributed by atoms with Gasteiger partial charge in [0, 0.05) is 41.2 Å². The number of pyridine rings is 1. The molecule has 0 aliphatic carbocycles. The molecule has 1 amide bonds. The first kappa shape index (κ1) is 17.3. The molecule has 1 aliphatic heterocycles. The van der Waals surface area contributed by atoms with Crippen molar-refractivity contribution in [1.82, 2.24) is 9.88 Å². The maximum atomic E-state index is 12.7. The monoisotopic (exact) mass is 362 g/mol. The summed E-state index contributed by atoms with van der Waals surface area (Å²) in [6, 6.07) is 7.87. The van der Waals surface area contributed by atoms with Crippen LogP contribution in [0.25, 0.3) is 0 Å². The molecule has 0 N–H and O–H groups in total. The van der Waals surface area contributed by atoms with Crippen LogP contribution in [-0.4, -0.2) is 40.7 Å². The van der Waals surface area contributed by atoms with Gasteiger partial charge in [0.05, 0.1) is 11.7 Å². The lowest BCUT2D eigenvalue weighted by molar-refractivity contribution is 0.0766. The fourth-order valence-electron chi connectivity index (χ4n) is 2.68. The molecule has 3 heterocycles. The predicted molar refractivity (Wildman–Crippen MR) is 100 cm³/mol. The Morgan fingerprint density at radius 1 is 1.33 bits per heavy atom. The molecule has 0 spiro atoms. The van der Waals surface area contributed by atoms with Crippen LogP contribution in [0.1, 0.15) is 40.8 Å². The molecule has 1 unspecified atom stereocenters. The third-order valence-electron chi connectivity index (χ3n) is 3.83. The second-order valence-electron chi connectivity index (χ2n) is 6.01. The zero-order valence-corrected chi connectivity index (χ0v) is 15.6. The highest BCUT2D eigenvalue weighted by Crippen LogP contribution is 2.36. The Labute approximate surface area is 151 Å². The SMILES string of the molecule is CC(C)Oc1ccc(C(=O)N2CCSC(c3cccs3)CC2)cn1. The maximum Gasteiger partial charge on any atom is 0.255 e. The second-order valence-corrected chi connectivity index (χ2v) is 8.30. The van der Waals surface area contributed by atoms with Gasteiger partial charge in [-0.15, -0.1) is 11.3 Å². The van der Waals surface area contributed by atoms with Crippen molar-refractivity contribution in [3.8, 4) is 5.88 Å². The number of carbonyl (C=O) groups is 1. The number of hydrogen-bond acceptors (Lipinski definition) is 5. The van der Waals surface area contributed by atoms with Crippen molar-refractivity contribution in [2.24, 2.45) is 0 Å². The molecular formula is C18H22N2O2S2. The Hall–Kier alpha value is -1.53. The van der Waals surface area contributed by atoms with E-state index in [1.165, 1.54) is 4.88 Å². The van der Waals surface area contributed by atoms with Crippen LogP contribution in [0.2, 0.25) is 0 Å². The predicted octanol–water partition coefficient (Wildman–Crippen LogP) is 4.25. The van der Waals surface area contributed by atoms with Gasteiger partial charge in [-0.25, -0.2) is 4.98 Å². The molecule has 1 aliphatic rings. The van der Waals surface area contributed by atoms with Crippen molar-refractivity contribution >= 4 is 29.0 Å². The van der Waals surface area contributed by atoms with Crippen molar-refractivity contribution in [1.29, 1.82) is 0 Å². The summed E-state index contributed by atoms with van der Waals surface area (Å²) in [7, 11) is 0. The Bertz CT molecular complexity index is 656. The van der Waals surface area contributed by atoms with Crippen molar-refractivity contribution in [3.63, 3.8) is 0 Å². The first-order chi connectivity index (χ1) is 11.6. The molecule has 0 aromatic carbocycles. The smallest absolute Gasteiger partial charge is 0.255 e. The molecule has 1 saturated heterocycles. The van der Waals surface area contributed by atoms with E-state index in [0.29, 0.717) is 16.7 Å². The van der Waals surface area contributed by atoms with Crippen LogP contribution in [0.15, 0.2) is 35.8 Å². The summed E-state index contributed by atoms with van der Waals surface area (Å²) in [4.78, 5) is 20.3. The van der Waals surface area contributed by atoms with Crippen LogP contribution >= 0.6 is 23.1 Å². The lowest BCUT2D eigenvalue weighted by Gasteiger charge is -2.20. The summed E-state index contributed by atoms with van der Waals surface area (Å²) in [6.07, 6.45) is 2.70. The molecule has 6 heteroatoms. The highest BCUT2D eigenvalue weighted by atomic mass is 32.2. The average Bonchev–Trinajstić information content (AvgIpc) is 2.99. The zero-order chi connectivity index (χ0) is 16.9. The summed E-state index contributed by atoms with van der Waals surface area (Å²) in [5.74, 6) is 1.59. The van der Waals surface area contributed by atoms with Crippen molar-refractivity contribution < 1.29 is 9.53 Å². The third kappa shape index (κ3) is 4.30. The number of hydrogen-bond donors (Lipinski definition) is 0. The van der Waals surface area contributed by atoms with E-state index in [4.69, 9.17) is 4.74 Å². The molecule has 0 bridgehead atoms. The molecule has 3 rings (SSSR count). The van der Waals surface area contributed by atoms with Crippen LogP contribution in [-0.2, 0) is 0 Å². The Morgan fingerprint density at radius 3 is 2.88 bits per heavy atom. The van der Waals surface area contributed by atoms with Crippen LogP contribution < -0.4 is 4.74 Å². The number of rotatable bonds is 4. The van der Waals surface area contributed by atoms with Gasteiger partial charge < -0.3 is 9.64 Å². The van der Waals surface area contributed by atoms with Gasteiger partial charge in [0.1, 0.15) is 0 Å². The average molecular weight is 363 g/mol. The lowest BCUT2D eigenvalue weighted by Crippen LogP contribution is -2.33. The first-order valence-corrected chi connectivity index (χ1v) is 10.1. The van der Waals surface area contributed by atoms with E-state index in [1.54, 1.807) is 23.6 Å². The number of aromatic nitrogens is 1. The van der Waals surface area contributed by atoms with E-state index in [9.17, 15) is 4.79 Å². The van der Waals surface area contributed by atoms with Gasteiger partial charge in [-0.3, -0.25) is 4.79 Å². The summed E-state index contributed by atoms with van der Waals surface area (Å²) < 4.78 is 5.53. The maximum absolute atomic E-state index is 12.7. The molecule has 2 aromatic rings. The minimum Gasteiger partial charge on any atom is -0.475 e. The number of amides is 1. The van der Waals surface area contributed by atoms with Crippen molar-refractivity contribution in [2.75, 3.05) is 18.8 Å². The third-order valence-corrected chi connectivity index (χ3v) is 6.27. The molecular weight excluding hydrogens is 340 g/mol. The van der Waals surface area contributed by atoms with E-state index < -0.39 is 0 Å². The van der Waals surface area contributed by atoms with Gasteiger partial charge in [-0.1, -0.05) is 6.07 Å². The van der Waals surface area contributed by atoms with Gasteiger partial charge in [0.25, 0.3) is 5.91 Å². The van der Waals surface area contributed by atoms with Crippen molar-refractivity contribution in [3.05, 3.63) is 46.3 Å². The minimum atomic E-state index is 0.0611. The Kier molecular flexibility index (Phi) is 5.79. The normalized spacial score (nSPS) is 18.5. The summed E-state index contributed by atoms with van der Waals surface area (Å²) >= 11 is 3.75. The van der Waals surface area contributed by atoms with Gasteiger partial charge in [-0.05, 0) is 37.8 Å². The fraction of sp³-hybridized carbons (Fsp3) is 0.444. The van der Waals surface area contributed by atoms with E-state index in [-0.39, 0.29) is 12.0 Å². The molecule has 0 radical (unpaired) electrons. The quantitative estimate of drug-likeness (QED) is 0.815. The molecule has 2 aromatic heterocycles. The number of thioether (sulfide) groups is 1. The minimum absolute atomic E-state index is 0.0611. The standard InChI is InChI=1S/C18H22N2O2S2/c1-13(2)22-17-6-5-14(12-19-17)18(21)20-8-7-16(24-11-9-20)15-4-3-10-23-15/h3-6,10,12-13,16H,7-9,11H2,1-2H3. The van der Waals surface area contributed by atoms with Crippen LogP contribution in [0.3, 0.4) is 0 Å².